The highest BCUT2D eigenvalue weighted by molar-refractivity contribution is 5.56. The Morgan fingerprint density at radius 1 is 1.14 bits per heavy atom. The van der Waals surface area contributed by atoms with Crippen molar-refractivity contribution in [2.24, 2.45) is 11.7 Å². The summed E-state index contributed by atoms with van der Waals surface area (Å²) in [4.78, 5) is 5.11. The van der Waals surface area contributed by atoms with Crippen molar-refractivity contribution in [3.63, 3.8) is 0 Å². The number of hydrogen-bond acceptors (Lipinski definition) is 3. The van der Waals surface area contributed by atoms with Gasteiger partial charge in [0.25, 0.3) is 0 Å². The molecule has 1 aliphatic heterocycles. The van der Waals surface area contributed by atoms with E-state index in [4.69, 9.17) is 5.73 Å². The van der Waals surface area contributed by atoms with Gasteiger partial charge in [0.05, 0.1) is 0 Å². The maximum atomic E-state index is 6.07. The fraction of sp³-hybridized carbons (Fsp3) is 0.667. The third-order valence-electron chi connectivity index (χ3n) is 5.58. The molecular weight excluding hydrogens is 258 g/mol. The first-order chi connectivity index (χ1) is 9.90. The third kappa shape index (κ3) is 3.09. The monoisotopic (exact) mass is 289 g/mol. The van der Waals surface area contributed by atoms with Gasteiger partial charge in [-0.1, -0.05) is 26.0 Å². The normalized spacial score (nSPS) is 19.9. The molecule has 0 bridgehead atoms. The molecule has 0 saturated carbocycles. The predicted octanol–water partition coefficient (Wildman–Crippen LogP) is 2.80. The number of benzene rings is 1. The van der Waals surface area contributed by atoms with Crippen LogP contribution >= 0.6 is 0 Å². The minimum Gasteiger partial charge on any atom is -0.369 e. The van der Waals surface area contributed by atoms with E-state index in [9.17, 15) is 0 Å². The Hall–Kier alpha value is -1.06. The van der Waals surface area contributed by atoms with E-state index >= 15 is 0 Å². The lowest BCUT2D eigenvalue weighted by Crippen LogP contribution is -2.61. The van der Waals surface area contributed by atoms with Crippen molar-refractivity contribution >= 4 is 5.69 Å². The molecule has 1 aromatic carbocycles. The number of piperazine rings is 1. The van der Waals surface area contributed by atoms with Crippen LogP contribution < -0.4 is 10.6 Å². The van der Waals surface area contributed by atoms with Crippen LogP contribution in [-0.4, -0.2) is 43.2 Å². The summed E-state index contributed by atoms with van der Waals surface area (Å²) < 4.78 is 0. The highest BCUT2D eigenvalue weighted by Gasteiger charge is 2.35. The molecule has 0 aliphatic carbocycles. The first kappa shape index (κ1) is 16.3. The predicted molar refractivity (Wildman–Crippen MR) is 92.0 cm³/mol. The molecule has 2 rings (SSSR count). The Morgan fingerprint density at radius 2 is 1.76 bits per heavy atom. The molecule has 1 saturated heterocycles. The Morgan fingerprint density at radius 3 is 2.29 bits per heavy atom. The summed E-state index contributed by atoms with van der Waals surface area (Å²) in [7, 11) is 0. The van der Waals surface area contributed by atoms with Gasteiger partial charge in [-0.3, -0.25) is 4.90 Å². The van der Waals surface area contributed by atoms with Crippen molar-refractivity contribution in [3.05, 3.63) is 29.3 Å². The molecule has 1 aliphatic rings. The largest absolute Gasteiger partial charge is 0.369 e. The van der Waals surface area contributed by atoms with Gasteiger partial charge in [-0.15, -0.1) is 0 Å². The van der Waals surface area contributed by atoms with E-state index in [0.717, 1.165) is 32.7 Å². The molecule has 3 nitrogen and oxygen atoms in total. The Balaban J connectivity index is 2.08. The first-order valence-corrected chi connectivity index (χ1v) is 8.16. The van der Waals surface area contributed by atoms with Crippen LogP contribution in [-0.2, 0) is 0 Å². The van der Waals surface area contributed by atoms with E-state index in [1.807, 2.05) is 0 Å². The van der Waals surface area contributed by atoms with E-state index in [2.05, 4.69) is 62.6 Å². The average molecular weight is 289 g/mol. The van der Waals surface area contributed by atoms with Gasteiger partial charge in [0.1, 0.15) is 0 Å². The molecule has 21 heavy (non-hydrogen) atoms. The Bertz CT molecular complexity index is 475. The average Bonchev–Trinajstić information content (AvgIpc) is 2.49. The van der Waals surface area contributed by atoms with Gasteiger partial charge in [0.15, 0.2) is 0 Å². The Labute approximate surface area is 130 Å². The van der Waals surface area contributed by atoms with Crippen LogP contribution in [0.25, 0.3) is 0 Å². The molecule has 2 N–H and O–H groups in total. The summed E-state index contributed by atoms with van der Waals surface area (Å²) >= 11 is 0. The summed E-state index contributed by atoms with van der Waals surface area (Å²) in [6.45, 7) is 16.4. The number of nitrogens with two attached hydrogens (primary N) is 1. The van der Waals surface area contributed by atoms with Crippen molar-refractivity contribution in [1.29, 1.82) is 0 Å². The molecule has 0 spiro atoms. The lowest BCUT2D eigenvalue weighted by Gasteiger charge is -2.48. The highest BCUT2D eigenvalue weighted by atomic mass is 15.3. The molecule has 1 heterocycles. The quantitative estimate of drug-likeness (QED) is 0.925. The van der Waals surface area contributed by atoms with E-state index in [0.29, 0.717) is 5.92 Å². The van der Waals surface area contributed by atoms with Crippen molar-refractivity contribution in [2.45, 2.75) is 40.2 Å². The van der Waals surface area contributed by atoms with Crippen molar-refractivity contribution in [3.8, 4) is 0 Å². The zero-order chi connectivity index (χ0) is 15.6. The van der Waals surface area contributed by atoms with Crippen LogP contribution in [0.1, 0.15) is 31.9 Å². The maximum absolute atomic E-state index is 6.07. The SMILES string of the molecule is Cc1cccc(N2CCN(C(C)(CN)C(C)C)CC2)c1C. The van der Waals surface area contributed by atoms with Gasteiger partial charge in [-0.05, 0) is 43.9 Å². The fourth-order valence-corrected chi connectivity index (χ4v) is 3.27. The van der Waals surface area contributed by atoms with E-state index in [1.165, 1.54) is 16.8 Å². The molecule has 0 aromatic heterocycles. The van der Waals surface area contributed by atoms with Crippen LogP contribution in [0, 0.1) is 19.8 Å². The van der Waals surface area contributed by atoms with Gasteiger partial charge in [-0.25, -0.2) is 0 Å². The summed E-state index contributed by atoms with van der Waals surface area (Å²) in [5, 5.41) is 0. The molecular formula is C18H31N3. The van der Waals surface area contributed by atoms with Crippen molar-refractivity contribution in [2.75, 3.05) is 37.6 Å². The molecule has 3 heteroatoms. The third-order valence-corrected chi connectivity index (χ3v) is 5.58. The zero-order valence-electron chi connectivity index (χ0n) is 14.3. The molecule has 1 unspecified atom stereocenters. The van der Waals surface area contributed by atoms with Crippen LogP contribution in [0.15, 0.2) is 18.2 Å². The zero-order valence-corrected chi connectivity index (χ0v) is 14.3. The summed E-state index contributed by atoms with van der Waals surface area (Å²) in [6, 6.07) is 6.62. The summed E-state index contributed by atoms with van der Waals surface area (Å²) in [5.41, 5.74) is 10.4. The Kier molecular flexibility index (Phi) is 4.95. The van der Waals surface area contributed by atoms with Crippen LogP contribution in [0.2, 0.25) is 0 Å². The van der Waals surface area contributed by atoms with Gasteiger partial charge in [0, 0.05) is 44.0 Å². The molecule has 0 amide bonds. The minimum atomic E-state index is 0.119. The first-order valence-electron chi connectivity index (χ1n) is 8.16. The van der Waals surface area contributed by atoms with Gasteiger partial charge >= 0.3 is 0 Å². The fourth-order valence-electron chi connectivity index (χ4n) is 3.27. The molecule has 0 radical (unpaired) electrons. The number of nitrogens with zero attached hydrogens (tertiary/aromatic N) is 2. The maximum Gasteiger partial charge on any atom is 0.0399 e. The number of hydrogen-bond donors (Lipinski definition) is 1. The smallest absolute Gasteiger partial charge is 0.0399 e. The van der Waals surface area contributed by atoms with Gasteiger partial charge in [0.2, 0.25) is 0 Å². The van der Waals surface area contributed by atoms with Crippen LogP contribution in [0.4, 0.5) is 5.69 Å². The van der Waals surface area contributed by atoms with Crippen LogP contribution in [0.5, 0.6) is 0 Å². The molecule has 1 fully saturated rings. The molecule has 1 atom stereocenters. The number of anilines is 1. The minimum absolute atomic E-state index is 0.119. The number of aryl methyl sites for hydroxylation is 1. The topological polar surface area (TPSA) is 32.5 Å². The molecule has 1 aromatic rings. The van der Waals surface area contributed by atoms with Crippen molar-refractivity contribution in [1.82, 2.24) is 4.90 Å². The second-order valence-electron chi connectivity index (χ2n) is 6.91. The second kappa shape index (κ2) is 6.37. The van der Waals surface area contributed by atoms with Crippen molar-refractivity contribution < 1.29 is 0 Å². The van der Waals surface area contributed by atoms with Crippen LogP contribution in [0.3, 0.4) is 0 Å². The number of rotatable bonds is 4. The summed E-state index contributed by atoms with van der Waals surface area (Å²) in [6.07, 6.45) is 0. The van der Waals surface area contributed by atoms with Gasteiger partial charge in [-0.2, -0.15) is 0 Å². The standard InChI is InChI=1S/C18H31N3/c1-14(2)18(5,13-19)21-11-9-20(10-12-21)17-8-6-7-15(3)16(17)4/h6-8,14H,9-13,19H2,1-5H3. The van der Waals surface area contributed by atoms with E-state index < -0.39 is 0 Å². The lowest BCUT2D eigenvalue weighted by molar-refractivity contribution is 0.0616. The second-order valence-corrected chi connectivity index (χ2v) is 6.91. The van der Waals surface area contributed by atoms with E-state index in [1.54, 1.807) is 0 Å². The summed E-state index contributed by atoms with van der Waals surface area (Å²) in [5.74, 6) is 0.578. The van der Waals surface area contributed by atoms with Gasteiger partial charge < -0.3 is 10.6 Å². The highest BCUT2D eigenvalue weighted by Crippen LogP contribution is 2.28. The molecule has 118 valence electrons. The lowest BCUT2D eigenvalue weighted by atomic mass is 9.86. The van der Waals surface area contributed by atoms with E-state index in [-0.39, 0.29) is 5.54 Å².